The number of aromatic nitrogens is 2. The number of amides is 1. The molecule has 3 aromatic rings. The van der Waals surface area contributed by atoms with Crippen molar-refractivity contribution in [2.45, 2.75) is 20.4 Å². The lowest BCUT2D eigenvalue weighted by Crippen LogP contribution is -2.48. The molecule has 146 valence electrons. The summed E-state index contributed by atoms with van der Waals surface area (Å²) in [6.07, 6.45) is 0. The van der Waals surface area contributed by atoms with E-state index in [1.165, 1.54) is 16.9 Å². The van der Waals surface area contributed by atoms with Crippen LogP contribution in [0.4, 0.5) is 0 Å². The predicted octanol–water partition coefficient (Wildman–Crippen LogP) is 2.57. The fraction of sp³-hybridized carbons (Fsp3) is 0.381. The average Bonchev–Trinajstić information content (AvgIpc) is 3.03. The lowest BCUT2D eigenvalue weighted by Gasteiger charge is -2.34. The van der Waals surface area contributed by atoms with Crippen molar-refractivity contribution in [1.82, 2.24) is 19.4 Å². The molecule has 0 saturated carbocycles. The summed E-state index contributed by atoms with van der Waals surface area (Å²) in [6.45, 7) is 7.67. The fourth-order valence-corrected chi connectivity index (χ4v) is 4.85. The first kappa shape index (κ1) is 18.8. The number of thiophene rings is 1. The monoisotopic (exact) mass is 396 g/mol. The number of aryl methyl sites for hydroxylation is 2. The smallest absolute Gasteiger partial charge is 0.264 e. The summed E-state index contributed by atoms with van der Waals surface area (Å²) >= 11 is 1.34. The number of hydrogen-bond donors (Lipinski definition) is 0. The molecule has 1 aliphatic rings. The second-order valence-electron chi connectivity index (χ2n) is 7.31. The van der Waals surface area contributed by atoms with Gasteiger partial charge in [0.25, 0.3) is 11.5 Å². The highest BCUT2D eigenvalue weighted by atomic mass is 32.1. The molecule has 4 rings (SSSR count). The van der Waals surface area contributed by atoms with E-state index in [0.29, 0.717) is 34.0 Å². The van der Waals surface area contributed by atoms with Gasteiger partial charge in [-0.25, -0.2) is 4.98 Å². The summed E-state index contributed by atoms with van der Waals surface area (Å²) in [5, 5.41) is 0.573. The third-order valence-corrected chi connectivity index (χ3v) is 6.67. The number of nitrogens with zero attached hydrogens (tertiary/aromatic N) is 4. The molecule has 1 aliphatic heterocycles. The van der Waals surface area contributed by atoms with Crippen LogP contribution in [0.15, 0.2) is 35.1 Å². The number of rotatable bonds is 3. The van der Waals surface area contributed by atoms with Crippen LogP contribution in [-0.4, -0.2) is 51.4 Å². The van der Waals surface area contributed by atoms with E-state index >= 15 is 0 Å². The largest absolute Gasteiger partial charge is 0.335 e. The fourth-order valence-electron chi connectivity index (χ4n) is 3.66. The Labute approximate surface area is 168 Å². The van der Waals surface area contributed by atoms with Gasteiger partial charge in [0.2, 0.25) is 0 Å². The highest BCUT2D eigenvalue weighted by Gasteiger charge is 2.26. The molecule has 1 amide bonds. The third-order valence-electron chi connectivity index (χ3n) is 5.50. The van der Waals surface area contributed by atoms with E-state index in [-0.39, 0.29) is 11.5 Å². The molecule has 0 atom stereocenters. The third kappa shape index (κ3) is 3.36. The first-order chi connectivity index (χ1) is 13.5. The van der Waals surface area contributed by atoms with E-state index in [1.807, 2.05) is 24.8 Å². The summed E-state index contributed by atoms with van der Waals surface area (Å²) < 4.78 is 1.54. The van der Waals surface area contributed by atoms with E-state index in [2.05, 4.69) is 34.1 Å². The minimum absolute atomic E-state index is 0.0135. The molecule has 0 N–H and O–H groups in total. The van der Waals surface area contributed by atoms with Gasteiger partial charge in [-0.05, 0) is 25.0 Å². The van der Waals surface area contributed by atoms with Crippen molar-refractivity contribution in [3.8, 4) is 0 Å². The van der Waals surface area contributed by atoms with Crippen LogP contribution in [-0.2, 0) is 13.6 Å². The van der Waals surface area contributed by atoms with Crippen molar-refractivity contribution in [3.63, 3.8) is 0 Å². The van der Waals surface area contributed by atoms with Crippen molar-refractivity contribution in [1.29, 1.82) is 0 Å². The van der Waals surface area contributed by atoms with Gasteiger partial charge >= 0.3 is 0 Å². The molecular formula is C21H24N4O2S. The van der Waals surface area contributed by atoms with Crippen molar-refractivity contribution < 1.29 is 4.79 Å². The zero-order valence-corrected chi connectivity index (χ0v) is 17.3. The first-order valence-electron chi connectivity index (χ1n) is 9.48. The summed E-state index contributed by atoms with van der Waals surface area (Å²) in [5.74, 6) is 0.673. The number of benzene rings is 1. The van der Waals surface area contributed by atoms with Crippen molar-refractivity contribution in [3.05, 3.63) is 62.5 Å². The summed E-state index contributed by atoms with van der Waals surface area (Å²) in [7, 11) is 1.72. The van der Waals surface area contributed by atoms with Gasteiger partial charge in [-0.3, -0.25) is 19.1 Å². The second kappa shape index (κ2) is 7.48. The van der Waals surface area contributed by atoms with Crippen LogP contribution in [0, 0.1) is 13.8 Å². The van der Waals surface area contributed by atoms with E-state index in [9.17, 15) is 9.59 Å². The van der Waals surface area contributed by atoms with Gasteiger partial charge in [-0.1, -0.05) is 30.3 Å². The summed E-state index contributed by atoms with van der Waals surface area (Å²) in [6, 6.07) is 10.4. The predicted molar refractivity (Wildman–Crippen MR) is 112 cm³/mol. The Bertz CT molecular complexity index is 1080. The maximum atomic E-state index is 13.1. The minimum atomic E-state index is -0.0806. The number of piperazine rings is 1. The Morgan fingerprint density at radius 2 is 1.79 bits per heavy atom. The van der Waals surface area contributed by atoms with Gasteiger partial charge in [-0.2, -0.15) is 0 Å². The Balaban J connectivity index is 1.51. The molecule has 7 heteroatoms. The maximum Gasteiger partial charge on any atom is 0.264 e. The first-order valence-corrected chi connectivity index (χ1v) is 10.3. The van der Waals surface area contributed by atoms with Crippen LogP contribution in [0.2, 0.25) is 0 Å². The quantitative estimate of drug-likeness (QED) is 0.683. The number of carbonyl (C=O) groups excluding carboxylic acids is 1. The van der Waals surface area contributed by atoms with Crippen molar-refractivity contribution >= 4 is 27.5 Å². The topological polar surface area (TPSA) is 58.4 Å². The number of hydrogen-bond acceptors (Lipinski definition) is 5. The van der Waals surface area contributed by atoms with E-state index < -0.39 is 0 Å². The zero-order chi connectivity index (χ0) is 19.8. The highest BCUT2D eigenvalue weighted by Crippen LogP contribution is 2.28. The van der Waals surface area contributed by atoms with Crippen LogP contribution >= 0.6 is 11.3 Å². The van der Waals surface area contributed by atoms with Gasteiger partial charge in [0.15, 0.2) is 0 Å². The van der Waals surface area contributed by atoms with Gasteiger partial charge in [-0.15, -0.1) is 11.3 Å². The molecule has 0 bridgehead atoms. The molecular weight excluding hydrogens is 372 g/mol. The van der Waals surface area contributed by atoms with Crippen molar-refractivity contribution in [2.75, 3.05) is 26.2 Å². The molecule has 1 saturated heterocycles. The van der Waals surface area contributed by atoms with Gasteiger partial charge < -0.3 is 4.90 Å². The Hall–Kier alpha value is -2.51. The van der Waals surface area contributed by atoms with Crippen molar-refractivity contribution in [2.24, 2.45) is 7.05 Å². The normalized spacial score (nSPS) is 15.3. The second-order valence-corrected chi connectivity index (χ2v) is 8.31. The molecule has 2 aromatic heterocycles. The van der Waals surface area contributed by atoms with Crippen LogP contribution < -0.4 is 5.56 Å². The molecule has 28 heavy (non-hydrogen) atoms. The Kier molecular flexibility index (Phi) is 5.03. The summed E-state index contributed by atoms with van der Waals surface area (Å²) in [5.41, 5.74) is 1.97. The molecule has 6 nitrogen and oxygen atoms in total. The van der Waals surface area contributed by atoms with E-state index in [1.54, 1.807) is 11.6 Å². The lowest BCUT2D eigenvalue weighted by atomic mass is 10.1. The van der Waals surface area contributed by atoms with E-state index in [4.69, 9.17) is 0 Å². The van der Waals surface area contributed by atoms with Crippen LogP contribution in [0.25, 0.3) is 10.2 Å². The zero-order valence-electron chi connectivity index (χ0n) is 16.4. The Morgan fingerprint density at radius 3 is 2.46 bits per heavy atom. The van der Waals surface area contributed by atoms with Crippen LogP contribution in [0.5, 0.6) is 0 Å². The standard InChI is InChI=1S/C21H24N4O2S/c1-14-17-19(22-15(2)23(3)20(17)26)28-18(14)21(27)25-11-9-24(10-12-25)13-16-7-5-4-6-8-16/h4-8H,9-13H2,1-3H3. The SMILES string of the molecule is Cc1c(C(=O)N2CCN(Cc3ccccc3)CC2)sc2nc(C)n(C)c(=O)c12. The maximum absolute atomic E-state index is 13.1. The molecule has 0 spiro atoms. The van der Waals surface area contributed by atoms with Gasteiger partial charge in [0.1, 0.15) is 10.7 Å². The molecule has 1 aromatic carbocycles. The van der Waals surface area contributed by atoms with Gasteiger partial charge in [0.05, 0.1) is 10.3 Å². The molecule has 1 fully saturated rings. The van der Waals surface area contributed by atoms with Crippen LogP contribution in [0.3, 0.4) is 0 Å². The molecule has 0 unspecified atom stereocenters. The minimum Gasteiger partial charge on any atom is -0.335 e. The number of carbonyl (C=O) groups is 1. The summed E-state index contributed by atoms with van der Waals surface area (Å²) in [4.78, 5) is 35.8. The highest BCUT2D eigenvalue weighted by molar-refractivity contribution is 7.20. The van der Waals surface area contributed by atoms with Crippen LogP contribution in [0.1, 0.15) is 26.6 Å². The average molecular weight is 397 g/mol. The van der Waals surface area contributed by atoms with E-state index in [0.717, 1.165) is 25.2 Å². The molecule has 0 radical (unpaired) electrons. The lowest BCUT2D eigenvalue weighted by molar-refractivity contribution is 0.0632. The Morgan fingerprint density at radius 1 is 1.11 bits per heavy atom. The molecule has 3 heterocycles. The van der Waals surface area contributed by atoms with Gasteiger partial charge in [0, 0.05) is 39.8 Å². The molecule has 0 aliphatic carbocycles. The number of fused-ring (bicyclic) bond motifs is 1.